The van der Waals surface area contributed by atoms with Gasteiger partial charge in [-0.25, -0.2) is 0 Å². The van der Waals surface area contributed by atoms with Gasteiger partial charge in [-0.2, -0.15) is 0 Å². The molecule has 0 unspecified atom stereocenters. The molecule has 88 valence electrons. The normalized spacial score (nSPS) is 16.9. The molecular weight excluding hydrogens is 190 g/mol. The Morgan fingerprint density at radius 3 is 2.60 bits per heavy atom. The van der Waals surface area contributed by atoms with E-state index in [1.807, 2.05) is 13.8 Å². The van der Waals surface area contributed by atoms with Crippen molar-refractivity contribution in [2.45, 2.75) is 39.3 Å². The SMILES string of the molecule is CCN(CCC(=O)NC(C)C)C1CNC1. The Morgan fingerprint density at radius 2 is 2.20 bits per heavy atom. The number of rotatable bonds is 6. The fraction of sp³-hybridized carbons (Fsp3) is 0.909. The lowest BCUT2D eigenvalue weighted by Gasteiger charge is -2.37. The molecule has 4 heteroatoms. The molecule has 0 aliphatic carbocycles. The average Bonchev–Trinajstić information content (AvgIpc) is 2.07. The second-order valence-electron chi connectivity index (χ2n) is 4.41. The van der Waals surface area contributed by atoms with Crippen LogP contribution in [0.3, 0.4) is 0 Å². The summed E-state index contributed by atoms with van der Waals surface area (Å²) >= 11 is 0. The van der Waals surface area contributed by atoms with E-state index < -0.39 is 0 Å². The van der Waals surface area contributed by atoms with E-state index in [-0.39, 0.29) is 11.9 Å². The first-order chi connectivity index (χ1) is 7.13. The number of nitrogens with one attached hydrogen (secondary N) is 2. The minimum atomic E-state index is 0.163. The predicted octanol–water partition coefficient (Wildman–Crippen LogP) is 0.195. The standard InChI is InChI=1S/C11H23N3O/c1-4-14(10-7-12-8-10)6-5-11(15)13-9(2)3/h9-10,12H,4-8H2,1-3H3,(H,13,15). The predicted molar refractivity (Wildman–Crippen MR) is 61.8 cm³/mol. The van der Waals surface area contributed by atoms with Gasteiger partial charge in [0, 0.05) is 38.1 Å². The molecule has 0 aromatic heterocycles. The van der Waals surface area contributed by atoms with Crippen molar-refractivity contribution >= 4 is 5.91 Å². The second kappa shape index (κ2) is 6.08. The lowest BCUT2D eigenvalue weighted by atomic mass is 10.1. The van der Waals surface area contributed by atoms with Gasteiger partial charge in [-0.1, -0.05) is 6.92 Å². The number of nitrogens with zero attached hydrogens (tertiary/aromatic N) is 1. The third-order valence-electron chi connectivity index (χ3n) is 2.76. The van der Waals surface area contributed by atoms with E-state index in [2.05, 4.69) is 22.5 Å². The van der Waals surface area contributed by atoms with Gasteiger partial charge in [0.05, 0.1) is 0 Å². The first-order valence-corrected chi connectivity index (χ1v) is 5.87. The first-order valence-electron chi connectivity index (χ1n) is 5.87. The van der Waals surface area contributed by atoms with Crippen molar-refractivity contribution in [2.24, 2.45) is 0 Å². The Morgan fingerprint density at radius 1 is 1.53 bits per heavy atom. The van der Waals surface area contributed by atoms with Crippen LogP contribution < -0.4 is 10.6 Å². The number of carbonyl (C=O) groups excluding carboxylic acids is 1. The second-order valence-corrected chi connectivity index (χ2v) is 4.41. The Balaban J connectivity index is 2.18. The molecule has 0 bridgehead atoms. The van der Waals surface area contributed by atoms with Crippen LogP contribution in [0.2, 0.25) is 0 Å². The molecule has 0 saturated carbocycles. The average molecular weight is 213 g/mol. The molecule has 1 fully saturated rings. The van der Waals surface area contributed by atoms with Gasteiger partial charge in [-0.05, 0) is 20.4 Å². The zero-order valence-electron chi connectivity index (χ0n) is 10.0. The Hall–Kier alpha value is -0.610. The Kier molecular flexibility index (Phi) is 5.05. The van der Waals surface area contributed by atoms with Gasteiger partial charge in [0.2, 0.25) is 5.91 Å². The van der Waals surface area contributed by atoms with Gasteiger partial charge in [0.1, 0.15) is 0 Å². The molecule has 1 saturated heterocycles. The molecule has 1 aliphatic heterocycles. The minimum absolute atomic E-state index is 0.163. The van der Waals surface area contributed by atoms with E-state index in [0.29, 0.717) is 12.5 Å². The van der Waals surface area contributed by atoms with Gasteiger partial charge in [0.25, 0.3) is 0 Å². The number of carbonyl (C=O) groups is 1. The Labute approximate surface area is 92.4 Å². The van der Waals surface area contributed by atoms with Gasteiger partial charge in [-0.15, -0.1) is 0 Å². The van der Waals surface area contributed by atoms with Crippen LogP contribution in [0.15, 0.2) is 0 Å². The molecular formula is C11H23N3O. The highest BCUT2D eigenvalue weighted by Gasteiger charge is 2.23. The molecule has 0 spiro atoms. The summed E-state index contributed by atoms with van der Waals surface area (Å²) in [5.74, 6) is 0.163. The molecule has 0 aromatic carbocycles. The highest BCUT2D eigenvalue weighted by atomic mass is 16.1. The van der Waals surface area contributed by atoms with Crippen LogP contribution in [0.5, 0.6) is 0 Å². The maximum atomic E-state index is 11.4. The van der Waals surface area contributed by atoms with E-state index in [1.54, 1.807) is 0 Å². The van der Waals surface area contributed by atoms with Crippen molar-refractivity contribution in [3.05, 3.63) is 0 Å². The molecule has 1 heterocycles. The molecule has 15 heavy (non-hydrogen) atoms. The monoisotopic (exact) mass is 213 g/mol. The molecule has 0 atom stereocenters. The number of hydrogen-bond donors (Lipinski definition) is 2. The zero-order chi connectivity index (χ0) is 11.3. The van der Waals surface area contributed by atoms with Gasteiger partial charge in [0.15, 0.2) is 0 Å². The zero-order valence-corrected chi connectivity index (χ0v) is 10.0. The molecule has 1 rings (SSSR count). The highest BCUT2D eigenvalue weighted by Crippen LogP contribution is 2.05. The topological polar surface area (TPSA) is 44.4 Å². The van der Waals surface area contributed by atoms with Crippen LogP contribution in [0, 0.1) is 0 Å². The smallest absolute Gasteiger partial charge is 0.221 e. The molecule has 2 N–H and O–H groups in total. The number of amides is 1. The summed E-state index contributed by atoms with van der Waals surface area (Å²) < 4.78 is 0. The first kappa shape index (κ1) is 12.5. The lowest BCUT2D eigenvalue weighted by molar-refractivity contribution is -0.122. The van der Waals surface area contributed by atoms with Gasteiger partial charge in [-0.3, -0.25) is 9.69 Å². The molecule has 4 nitrogen and oxygen atoms in total. The maximum Gasteiger partial charge on any atom is 0.221 e. The van der Waals surface area contributed by atoms with E-state index in [9.17, 15) is 4.79 Å². The number of likely N-dealkylation sites (N-methyl/N-ethyl adjacent to an activating group) is 1. The summed E-state index contributed by atoms with van der Waals surface area (Å²) in [6.45, 7) is 10.2. The van der Waals surface area contributed by atoms with E-state index >= 15 is 0 Å². The van der Waals surface area contributed by atoms with Crippen molar-refractivity contribution in [3.63, 3.8) is 0 Å². The van der Waals surface area contributed by atoms with Crippen molar-refractivity contribution in [2.75, 3.05) is 26.2 Å². The summed E-state index contributed by atoms with van der Waals surface area (Å²) in [4.78, 5) is 13.8. The molecule has 0 aromatic rings. The molecule has 0 radical (unpaired) electrons. The van der Waals surface area contributed by atoms with Crippen LogP contribution in [0.25, 0.3) is 0 Å². The third-order valence-corrected chi connectivity index (χ3v) is 2.76. The summed E-state index contributed by atoms with van der Waals surface area (Å²) in [6, 6.07) is 0.889. The van der Waals surface area contributed by atoms with Crippen LogP contribution in [-0.2, 0) is 4.79 Å². The lowest BCUT2D eigenvalue weighted by Crippen LogP contribution is -2.57. The van der Waals surface area contributed by atoms with E-state index in [4.69, 9.17) is 0 Å². The van der Waals surface area contributed by atoms with Crippen molar-refractivity contribution in [3.8, 4) is 0 Å². The third kappa shape index (κ3) is 4.18. The summed E-state index contributed by atoms with van der Waals surface area (Å²) in [5.41, 5.74) is 0. The largest absolute Gasteiger partial charge is 0.354 e. The quantitative estimate of drug-likeness (QED) is 0.662. The van der Waals surface area contributed by atoms with Crippen molar-refractivity contribution in [1.29, 1.82) is 0 Å². The Bertz CT molecular complexity index is 202. The minimum Gasteiger partial charge on any atom is -0.354 e. The van der Waals surface area contributed by atoms with Gasteiger partial charge >= 0.3 is 0 Å². The summed E-state index contributed by atoms with van der Waals surface area (Å²) in [7, 11) is 0. The van der Waals surface area contributed by atoms with Crippen LogP contribution in [-0.4, -0.2) is 49.1 Å². The van der Waals surface area contributed by atoms with Crippen molar-refractivity contribution in [1.82, 2.24) is 15.5 Å². The molecule has 1 amide bonds. The maximum absolute atomic E-state index is 11.4. The van der Waals surface area contributed by atoms with Crippen LogP contribution >= 0.6 is 0 Å². The highest BCUT2D eigenvalue weighted by molar-refractivity contribution is 5.76. The number of hydrogen-bond acceptors (Lipinski definition) is 3. The molecule has 1 aliphatic rings. The summed E-state index contributed by atoms with van der Waals surface area (Å²) in [5, 5.41) is 6.17. The van der Waals surface area contributed by atoms with E-state index in [1.165, 1.54) is 0 Å². The van der Waals surface area contributed by atoms with Crippen LogP contribution in [0.1, 0.15) is 27.2 Å². The fourth-order valence-electron chi connectivity index (χ4n) is 1.77. The van der Waals surface area contributed by atoms with Crippen molar-refractivity contribution < 1.29 is 4.79 Å². The van der Waals surface area contributed by atoms with E-state index in [0.717, 1.165) is 26.2 Å². The van der Waals surface area contributed by atoms with Gasteiger partial charge < -0.3 is 10.6 Å². The summed E-state index contributed by atoms with van der Waals surface area (Å²) in [6.07, 6.45) is 0.614. The fourth-order valence-corrected chi connectivity index (χ4v) is 1.77. The van der Waals surface area contributed by atoms with Crippen LogP contribution in [0.4, 0.5) is 0 Å².